The number of hydrogen-bond acceptors (Lipinski definition) is 20. The Morgan fingerprint density at radius 3 is 1.03 bits per heavy atom. The molecule has 0 aromatic carbocycles. The van der Waals surface area contributed by atoms with Crippen LogP contribution in [0.2, 0.25) is 0 Å². The zero-order chi connectivity index (χ0) is 50.1. The molecule has 0 saturated carbocycles. The largest absolute Gasteiger partial charge is 0.481 e. The van der Waals surface area contributed by atoms with E-state index in [-0.39, 0.29) is 110 Å². The Hall–Kier alpha value is -9.76. The van der Waals surface area contributed by atoms with Crippen LogP contribution in [0.15, 0.2) is 107 Å². The van der Waals surface area contributed by atoms with Gasteiger partial charge in [-0.1, -0.05) is 6.58 Å². The highest BCUT2D eigenvalue weighted by atomic mass is 16.5. The van der Waals surface area contributed by atoms with E-state index in [1.165, 1.54) is 49.4 Å². The van der Waals surface area contributed by atoms with Gasteiger partial charge in [0, 0.05) is 13.8 Å². The fourth-order valence-electron chi connectivity index (χ4n) is 3.07. The normalized spacial score (nSPS) is 8.15. The third kappa shape index (κ3) is 37.1. The summed E-state index contributed by atoms with van der Waals surface area (Å²) in [6.07, 6.45) is 3.09. The summed E-state index contributed by atoms with van der Waals surface area (Å²) < 4.78 is 32.2. The Morgan fingerprint density at radius 2 is 0.803 bits per heavy atom. The van der Waals surface area contributed by atoms with Gasteiger partial charge in [-0.15, -0.1) is 0 Å². The van der Waals surface area contributed by atoms with Crippen molar-refractivity contribution in [2.75, 3.05) is 0 Å². The maximum Gasteiger partial charge on any atom is 0.371 e. The molecule has 5 heterocycles. The predicted molar refractivity (Wildman–Crippen MR) is 231 cm³/mol. The number of carbonyl (C=O) groups is 12. The van der Waals surface area contributed by atoms with Gasteiger partial charge in [0.15, 0.2) is 72.3 Å². The molecule has 31 nitrogen and oxygen atoms in total. The molecule has 5 aromatic rings. The summed E-state index contributed by atoms with van der Waals surface area (Å²) in [5.41, 5.74) is 0. The number of carboxylic acid groups (broad SMARTS) is 5. The molecule has 0 aliphatic carbocycles. The van der Waals surface area contributed by atoms with Crippen molar-refractivity contribution in [1.29, 1.82) is 0 Å². The molecule has 0 atom stereocenters. The van der Waals surface area contributed by atoms with Gasteiger partial charge < -0.3 is 95.1 Å². The van der Waals surface area contributed by atoms with Crippen molar-refractivity contribution in [3.8, 4) is 0 Å². The topological polar surface area (TPSA) is 599 Å². The molecule has 0 radical (unpaired) electrons. The van der Waals surface area contributed by atoms with Crippen LogP contribution in [0.4, 0.5) is 0 Å². The fraction of sp³-hybridized carbons (Fsp3) is 0.100. The first-order chi connectivity index (χ1) is 30.6. The number of hydrogen-bond donors (Lipinski definition) is 6. The van der Waals surface area contributed by atoms with Gasteiger partial charge in [0.1, 0.15) is 24.7 Å². The molecule has 0 spiro atoms. The third-order valence-electron chi connectivity index (χ3n) is 5.66. The van der Waals surface area contributed by atoms with Crippen LogP contribution in [0.25, 0.3) is 0 Å². The fourth-order valence-corrected chi connectivity index (χ4v) is 3.07. The highest BCUT2D eigenvalue weighted by molar-refractivity contribution is 5.89. The van der Waals surface area contributed by atoms with Crippen LogP contribution < -0.4 is 0 Å². The van der Waals surface area contributed by atoms with Crippen LogP contribution in [0, 0.1) is 0 Å². The smallest absolute Gasteiger partial charge is 0.371 e. The summed E-state index contributed by atoms with van der Waals surface area (Å²) in [5, 5.41) is 48.9. The molecule has 0 bridgehead atoms. The lowest BCUT2D eigenvalue weighted by Crippen LogP contribution is -2.03. The standard InChI is InChI=1S/C8H8O4.C6H4O5.2C6H6O4.2C6H4O3.C2H4O2.6H2O/c1-6(10)11-5-8-3-2-7(4-9)12-8;7-5(8)3-1-2-4(11-3)6(9)10;7-3-4-1-2-5(10-4)6(8)9;1-4(3-7)10-5(2)6(8)9;2*7-3-5-1-2-6(4-8)9-5;1-2(3)4;;;;;;/h2-4H,5H2,1H3;1-2H,(H,7,8)(H,9,10);1-2,7H,3H2,(H,8,9);3H,1-2H2,(H,8,9);2*1-4H;1H3,(H,3,4);6*1H2. The lowest BCUT2D eigenvalue weighted by atomic mass is 10.4. The van der Waals surface area contributed by atoms with Crippen LogP contribution >= 0.6 is 0 Å². The van der Waals surface area contributed by atoms with E-state index in [9.17, 15) is 52.7 Å². The van der Waals surface area contributed by atoms with Gasteiger partial charge in [-0.2, -0.15) is 0 Å². The van der Waals surface area contributed by atoms with E-state index in [0.29, 0.717) is 43.5 Å². The Balaban J connectivity index is -0.000000108. The first-order valence-electron chi connectivity index (χ1n) is 16.7. The Kier molecular flexibility index (Phi) is 48.7. The van der Waals surface area contributed by atoms with Crippen LogP contribution in [-0.2, 0) is 41.9 Å². The minimum absolute atomic E-state index is 0. The van der Waals surface area contributed by atoms with Gasteiger partial charge in [-0.25, -0.2) is 19.2 Å². The van der Waals surface area contributed by atoms with Crippen LogP contribution in [0.5, 0.6) is 0 Å². The first kappa shape index (κ1) is 78.4. The summed E-state index contributed by atoms with van der Waals surface area (Å²) in [6, 6.07) is 13.8. The number of carboxylic acids is 5. The molecule has 394 valence electrons. The summed E-state index contributed by atoms with van der Waals surface area (Å²) in [5.74, 6) is -6.22. The number of aliphatic hydroxyl groups excluding tert-OH is 1. The average Bonchev–Trinajstić information content (AvgIpc) is 4.13. The molecule has 0 saturated heterocycles. The molecule has 5 rings (SSSR count). The molecule has 5 aromatic heterocycles. The van der Waals surface area contributed by atoms with Crippen molar-refractivity contribution in [3.63, 3.8) is 0 Å². The summed E-state index contributed by atoms with van der Waals surface area (Å²) in [6.45, 7) is 8.28. The van der Waals surface area contributed by atoms with E-state index in [1.807, 2.05) is 0 Å². The lowest BCUT2D eigenvalue weighted by Gasteiger charge is -1.99. The first-order valence-corrected chi connectivity index (χ1v) is 16.7. The van der Waals surface area contributed by atoms with Crippen molar-refractivity contribution in [2.24, 2.45) is 0 Å². The lowest BCUT2D eigenvalue weighted by molar-refractivity contribution is -0.143. The molecule has 18 N–H and O–H groups in total. The summed E-state index contributed by atoms with van der Waals surface area (Å²) in [4.78, 5) is 119. The second kappa shape index (κ2) is 44.1. The number of esters is 1. The van der Waals surface area contributed by atoms with E-state index >= 15 is 0 Å². The maximum atomic E-state index is 10.4. The molecule has 0 amide bonds. The number of aromatic carboxylic acids is 3. The monoisotopic (exact) mass is 1020 g/mol. The number of furan rings is 5. The van der Waals surface area contributed by atoms with Crippen molar-refractivity contribution >= 4 is 73.5 Å². The van der Waals surface area contributed by atoms with Crippen LogP contribution in [-0.4, -0.2) is 137 Å². The second-order valence-corrected chi connectivity index (χ2v) is 10.6. The molecule has 0 unspecified atom stereocenters. The molecular formula is C40H48O31. The van der Waals surface area contributed by atoms with Crippen molar-refractivity contribution < 1.29 is 153 Å². The number of aliphatic hydroxyl groups is 1. The third-order valence-corrected chi connectivity index (χ3v) is 5.66. The molecule has 0 fully saturated rings. The highest BCUT2D eigenvalue weighted by Crippen LogP contribution is 2.09. The van der Waals surface area contributed by atoms with E-state index in [2.05, 4.69) is 40.3 Å². The SMILES string of the molecule is C=C(C=O)OC(=C)C(=O)O.CC(=O)O.CC(=O)OCc1ccc(C=O)o1.O.O.O.O.O.O.O=C(O)c1ccc(C(=O)O)o1.O=C(O)c1ccc(CO)o1.O=Cc1ccc(C=O)o1.O=Cc1ccc(C=O)o1. The zero-order valence-electron chi connectivity index (χ0n) is 36.5. The van der Waals surface area contributed by atoms with Crippen molar-refractivity contribution in [1.82, 2.24) is 0 Å². The maximum absolute atomic E-state index is 10.4. The number of allylic oxidation sites excluding steroid dienone is 1. The molecule has 71 heavy (non-hydrogen) atoms. The van der Waals surface area contributed by atoms with E-state index < -0.39 is 35.6 Å². The van der Waals surface area contributed by atoms with Crippen molar-refractivity contribution in [3.05, 3.63) is 143 Å². The van der Waals surface area contributed by atoms with Crippen molar-refractivity contribution in [2.45, 2.75) is 27.1 Å². The number of carbonyl (C=O) groups excluding carboxylic acids is 7. The van der Waals surface area contributed by atoms with Gasteiger partial charge in [0.25, 0.3) is 5.97 Å². The van der Waals surface area contributed by atoms with Gasteiger partial charge in [0.2, 0.25) is 23.0 Å². The van der Waals surface area contributed by atoms with E-state index in [4.69, 9.17) is 39.9 Å². The van der Waals surface area contributed by atoms with Gasteiger partial charge in [-0.05, 0) is 67.2 Å². The molecular weight excluding hydrogens is 976 g/mol. The Bertz CT molecular complexity index is 2270. The quantitative estimate of drug-likeness (QED) is 0.0335. The second-order valence-electron chi connectivity index (χ2n) is 10.6. The van der Waals surface area contributed by atoms with Gasteiger partial charge in [-0.3, -0.25) is 38.4 Å². The molecule has 0 aliphatic heterocycles. The summed E-state index contributed by atoms with van der Waals surface area (Å²) >= 11 is 0. The molecule has 0 aliphatic rings. The van der Waals surface area contributed by atoms with Crippen LogP contribution in [0.1, 0.15) is 110 Å². The van der Waals surface area contributed by atoms with E-state index in [1.54, 1.807) is 6.07 Å². The minimum Gasteiger partial charge on any atom is -0.481 e. The summed E-state index contributed by atoms with van der Waals surface area (Å²) in [7, 11) is 0. The van der Waals surface area contributed by atoms with Crippen LogP contribution in [0.3, 0.4) is 0 Å². The molecule has 31 heteroatoms. The minimum atomic E-state index is -1.32. The number of aldehydes is 6. The average molecular weight is 1020 g/mol. The Labute approximate surface area is 395 Å². The highest BCUT2D eigenvalue weighted by Gasteiger charge is 2.13. The van der Waals surface area contributed by atoms with Gasteiger partial charge in [0.05, 0.1) is 0 Å². The number of ether oxygens (including phenoxy) is 2. The Morgan fingerprint density at radius 1 is 0.493 bits per heavy atom. The predicted octanol–water partition coefficient (Wildman–Crippen LogP) is -0.433. The number of rotatable bonds is 15. The van der Waals surface area contributed by atoms with Gasteiger partial charge >= 0.3 is 29.8 Å². The zero-order valence-corrected chi connectivity index (χ0v) is 36.5. The van der Waals surface area contributed by atoms with E-state index in [0.717, 1.165) is 19.1 Å². The number of aliphatic carboxylic acids is 2.